The van der Waals surface area contributed by atoms with Gasteiger partial charge in [-0.15, -0.1) is 0 Å². The van der Waals surface area contributed by atoms with Gasteiger partial charge in [0.2, 0.25) is 0 Å². The number of ether oxygens (including phenoxy) is 1. The molecule has 0 saturated carbocycles. The van der Waals surface area contributed by atoms with Crippen molar-refractivity contribution in [2.75, 3.05) is 6.54 Å². The van der Waals surface area contributed by atoms with Gasteiger partial charge in [-0.3, -0.25) is 4.98 Å². The van der Waals surface area contributed by atoms with Gasteiger partial charge >= 0.3 is 0 Å². The second kappa shape index (κ2) is 8.10. The van der Waals surface area contributed by atoms with Crippen LogP contribution in [0.3, 0.4) is 0 Å². The molecule has 0 aliphatic carbocycles. The van der Waals surface area contributed by atoms with E-state index in [9.17, 15) is 4.39 Å². The van der Waals surface area contributed by atoms with Crippen molar-refractivity contribution in [3.8, 4) is 5.75 Å². The summed E-state index contributed by atoms with van der Waals surface area (Å²) in [6.07, 6.45) is 1.10. The Morgan fingerprint density at radius 3 is 2.81 bits per heavy atom. The third-order valence-electron chi connectivity index (χ3n) is 2.88. The average molecular weight is 353 g/mol. The summed E-state index contributed by atoms with van der Waals surface area (Å²) in [4.78, 5) is 4.53. The fraction of sp³-hybridized carbons (Fsp3) is 0.312. The van der Waals surface area contributed by atoms with E-state index >= 15 is 0 Å². The van der Waals surface area contributed by atoms with E-state index in [0.717, 1.165) is 30.9 Å². The predicted molar refractivity (Wildman–Crippen MR) is 84.7 cm³/mol. The topological polar surface area (TPSA) is 34.1 Å². The number of benzene rings is 1. The minimum atomic E-state index is -0.301. The lowest BCUT2D eigenvalue weighted by molar-refractivity contribution is 0.300. The Bertz CT molecular complexity index is 592. The number of halogens is 2. The van der Waals surface area contributed by atoms with Crippen LogP contribution in [0.1, 0.15) is 24.7 Å². The van der Waals surface area contributed by atoms with Gasteiger partial charge in [0, 0.05) is 6.54 Å². The third-order valence-corrected chi connectivity index (χ3v) is 3.48. The fourth-order valence-electron chi connectivity index (χ4n) is 1.83. The molecular weight excluding hydrogens is 335 g/mol. The largest absolute Gasteiger partial charge is 0.487 e. The number of pyridine rings is 1. The van der Waals surface area contributed by atoms with Crippen molar-refractivity contribution < 1.29 is 9.13 Å². The quantitative estimate of drug-likeness (QED) is 0.763. The maximum atomic E-state index is 13.1. The van der Waals surface area contributed by atoms with Crippen LogP contribution >= 0.6 is 15.9 Å². The van der Waals surface area contributed by atoms with Gasteiger partial charge in [0.05, 0.1) is 15.9 Å². The Kier molecular flexibility index (Phi) is 6.14. The van der Waals surface area contributed by atoms with Crippen molar-refractivity contribution in [2.24, 2.45) is 0 Å². The molecule has 0 unspecified atom stereocenters. The number of nitrogens with zero attached hydrogens (tertiary/aromatic N) is 1. The zero-order valence-corrected chi connectivity index (χ0v) is 13.5. The minimum Gasteiger partial charge on any atom is -0.487 e. The van der Waals surface area contributed by atoms with Gasteiger partial charge in [0.1, 0.15) is 18.2 Å². The number of aromatic nitrogens is 1. The minimum absolute atomic E-state index is 0.301. The normalized spacial score (nSPS) is 10.6. The van der Waals surface area contributed by atoms with Gasteiger partial charge in [-0.2, -0.15) is 0 Å². The van der Waals surface area contributed by atoms with E-state index in [1.807, 2.05) is 18.2 Å². The summed E-state index contributed by atoms with van der Waals surface area (Å²) in [5.41, 5.74) is 1.84. The molecule has 2 aromatic rings. The number of hydrogen-bond donors (Lipinski definition) is 1. The maximum absolute atomic E-state index is 13.1. The first-order valence-corrected chi connectivity index (χ1v) is 7.71. The van der Waals surface area contributed by atoms with Gasteiger partial charge < -0.3 is 10.1 Å². The molecule has 0 bridgehead atoms. The molecule has 0 atom stereocenters. The van der Waals surface area contributed by atoms with E-state index in [4.69, 9.17) is 4.74 Å². The number of rotatable bonds is 7. The fourth-order valence-corrected chi connectivity index (χ4v) is 2.18. The highest BCUT2D eigenvalue weighted by Gasteiger charge is 2.03. The summed E-state index contributed by atoms with van der Waals surface area (Å²) >= 11 is 3.14. The number of hydrogen-bond acceptors (Lipinski definition) is 3. The molecule has 21 heavy (non-hydrogen) atoms. The monoisotopic (exact) mass is 352 g/mol. The molecule has 1 N–H and O–H groups in total. The SMILES string of the molecule is CCCNCc1cccc(COc2ccc(F)c(Br)c2)n1. The summed E-state index contributed by atoms with van der Waals surface area (Å²) < 4.78 is 19.2. The molecule has 5 heteroatoms. The first-order chi connectivity index (χ1) is 10.2. The van der Waals surface area contributed by atoms with Crippen LogP contribution in [0.4, 0.5) is 4.39 Å². The highest BCUT2D eigenvalue weighted by atomic mass is 79.9. The van der Waals surface area contributed by atoms with Crippen molar-refractivity contribution in [2.45, 2.75) is 26.5 Å². The van der Waals surface area contributed by atoms with Gasteiger partial charge in [0.15, 0.2) is 0 Å². The van der Waals surface area contributed by atoms with Crippen molar-refractivity contribution in [3.63, 3.8) is 0 Å². The molecule has 1 aromatic carbocycles. The molecule has 0 saturated heterocycles. The average Bonchev–Trinajstić information content (AvgIpc) is 2.49. The first kappa shape index (κ1) is 15.9. The van der Waals surface area contributed by atoms with Crippen molar-refractivity contribution in [1.82, 2.24) is 10.3 Å². The second-order valence-electron chi connectivity index (χ2n) is 4.66. The molecule has 0 aliphatic rings. The molecule has 1 heterocycles. The highest BCUT2D eigenvalue weighted by Crippen LogP contribution is 2.22. The zero-order chi connectivity index (χ0) is 15.1. The molecule has 2 rings (SSSR count). The lowest BCUT2D eigenvalue weighted by atomic mass is 10.3. The van der Waals surface area contributed by atoms with Crippen LogP contribution in [-0.4, -0.2) is 11.5 Å². The van der Waals surface area contributed by atoms with Crippen LogP contribution in [0.15, 0.2) is 40.9 Å². The van der Waals surface area contributed by atoms with E-state index in [2.05, 4.69) is 33.2 Å². The van der Waals surface area contributed by atoms with Crippen LogP contribution in [0, 0.1) is 5.82 Å². The van der Waals surface area contributed by atoms with Gasteiger partial charge in [-0.1, -0.05) is 13.0 Å². The van der Waals surface area contributed by atoms with Gasteiger partial charge in [-0.25, -0.2) is 4.39 Å². The lowest BCUT2D eigenvalue weighted by Crippen LogP contribution is -2.15. The van der Waals surface area contributed by atoms with Crippen LogP contribution in [0.5, 0.6) is 5.75 Å². The van der Waals surface area contributed by atoms with Crippen LogP contribution in [-0.2, 0) is 13.2 Å². The Morgan fingerprint density at radius 2 is 2.05 bits per heavy atom. The summed E-state index contributed by atoms with van der Waals surface area (Å²) in [6, 6.07) is 10.5. The molecule has 1 aromatic heterocycles. The van der Waals surface area contributed by atoms with Crippen LogP contribution < -0.4 is 10.1 Å². The lowest BCUT2D eigenvalue weighted by Gasteiger charge is -2.08. The molecule has 0 spiro atoms. The summed E-state index contributed by atoms with van der Waals surface area (Å²) in [6.45, 7) is 4.22. The summed E-state index contributed by atoms with van der Waals surface area (Å²) in [5, 5.41) is 3.31. The van der Waals surface area contributed by atoms with E-state index in [1.165, 1.54) is 6.07 Å². The van der Waals surface area contributed by atoms with Crippen molar-refractivity contribution in [1.29, 1.82) is 0 Å². The van der Waals surface area contributed by atoms with Crippen LogP contribution in [0.25, 0.3) is 0 Å². The van der Waals surface area contributed by atoms with E-state index < -0.39 is 0 Å². The molecule has 0 fully saturated rings. The predicted octanol–water partition coefficient (Wildman–Crippen LogP) is 4.06. The summed E-state index contributed by atoms with van der Waals surface area (Å²) in [5.74, 6) is 0.309. The Hall–Kier alpha value is -1.46. The van der Waals surface area contributed by atoms with Gasteiger partial charge in [-0.05, 0) is 59.2 Å². The zero-order valence-electron chi connectivity index (χ0n) is 11.9. The van der Waals surface area contributed by atoms with Crippen molar-refractivity contribution >= 4 is 15.9 Å². The maximum Gasteiger partial charge on any atom is 0.137 e. The van der Waals surface area contributed by atoms with Crippen LogP contribution in [0.2, 0.25) is 0 Å². The van der Waals surface area contributed by atoms with Gasteiger partial charge in [0.25, 0.3) is 0 Å². The standard InChI is InChI=1S/C16H18BrFN2O/c1-2-8-19-10-12-4-3-5-13(20-12)11-21-14-6-7-16(18)15(17)9-14/h3-7,9,19H,2,8,10-11H2,1H3. The van der Waals surface area contributed by atoms with E-state index in [-0.39, 0.29) is 5.82 Å². The molecule has 112 valence electrons. The van der Waals surface area contributed by atoms with Crippen molar-refractivity contribution in [3.05, 3.63) is 58.1 Å². The Balaban J connectivity index is 1.93. The Morgan fingerprint density at radius 1 is 1.24 bits per heavy atom. The summed E-state index contributed by atoms with van der Waals surface area (Å²) in [7, 11) is 0. The first-order valence-electron chi connectivity index (χ1n) is 6.92. The van der Waals surface area contributed by atoms with E-state index in [0.29, 0.717) is 16.8 Å². The third kappa shape index (κ3) is 5.10. The number of nitrogens with one attached hydrogen (secondary N) is 1. The molecule has 0 amide bonds. The highest BCUT2D eigenvalue weighted by molar-refractivity contribution is 9.10. The molecule has 0 radical (unpaired) electrons. The smallest absolute Gasteiger partial charge is 0.137 e. The molecule has 3 nitrogen and oxygen atoms in total. The van der Waals surface area contributed by atoms with E-state index in [1.54, 1.807) is 12.1 Å². The second-order valence-corrected chi connectivity index (χ2v) is 5.52. The Labute approximate surface area is 132 Å². The molecule has 0 aliphatic heterocycles. The molecular formula is C16H18BrFN2O.